The van der Waals surface area contributed by atoms with Crippen LogP contribution in [0, 0.1) is 5.92 Å². The van der Waals surface area contributed by atoms with Crippen LogP contribution in [-0.4, -0.2) is 12.6 Å². The lowest BCUT2D eigenvalue weighted by Crippen LogP contribution is -2.08. The number of carbonyl (C=O) groups excluding carboxylic acids is 1. The van der Waals surface area contributed by atoms with Crippen molar-refractivity contribution in [3.05, 3.63) is 59.7 Å². The highest BCUT2D eigenvalue weighted by Crippen LogP contribution is 2.20. The Hall–Kier alpha value is -2.29. The number of benzene rings is 2. The summed E-state index contributed by atoms with van der Waals surface area (Å²) in [5, 5.41) is 0. The lowest BCUT2D eigenvalue weighted by molar-refractivity contribution is 0.0734. The van der Waals surface area contributed by atoms with Gasteiger partial charge in [-0.2, -0.15) is 0 Å². The van der Waals surface area contributed by atoms with Crippen molar-refractivity contribution >= 4 is 5.97 Å². The Kier molecular flexibility index (Phi) is 8.90. The van der Waals surface area contributed by atoms with E-state index in [9.17, 15) is 4.79 Å². The monoisotopic (exact) mass is 368 g/mol. The van der Waals surface area contributed by atoms with Gasteiger partial charge in [-0.15, -0.1) is 0 Å². The normalized spacial score (nSPS) is 11.8. The fourth-order valence-corrected chi connectivity index (χ4v) is 2.81. The number of hydrogen-bond donors (Lipinski definition) is 0. The summed E-state index contributed by atoms with van der Waals surface area (Å²) in [4.78, 5) is 12.3. The van der Waals surface area contributed by atoms with E-state index in [4.69, 9.17) is 9.47 Å². The van der Waals surface area contributed by atoms with Gasteiger partial charge in [0, 0.05) is 0 Å². The predicted octanol–water partition coefficient (Wildman–Crippen LogP) is 6.45. The van der Waals surface area contributed by atoms with E-state index in [-0.39, 0.29) is 5.97 Å². The zero-order valence-electron chi connectivity index (χ0n) is 16.9. The van der Waals surface area contributed by atoms with E-state index in [1.807, 2.05) is 36.4 Å². The van der Waals surface area contributed by atoms with E-state index in [1.165, 1.54) is 24.8 Å². The number of esters is 1. The Morgan fingerprint density at radius 3 is 2.19 bits per heavy atom. The molecule has 1 atom stereocenters. The number of rotatable bonds is 11. The molecule has 0 saturated carbocycles. The second-order valence-electron chi connectivity index (χ2n) is 7.18. The number of ether oxygens (including phenoxy) is 2. The van der Waals surface area contributed by atoms with Gasteiger partial charge < -0.3 is 9.47 Å². The molecule has 146 valence electrons. The first-order valence-corrected chi connectivity index (χ1v) is 10.2. The van der Waals surface area contributed by atoms with Crippen molar-refractivity contribution in [2.24, 2.45) is 5.92 Å². The fourth-order valence-electron chi connectivity index (χ4n) is 2.81. The van der Waals surface area contributed by atoms with Crippen LogP contribution in [0.15, 0.2) is 48.5 Å². The molecule has 3 nitrogen and oxygen atoms in total. The van der Waals surface area contributed by atoms with Crippen LogP contribution < -0.4 is 9.47 Å². The lowest BCUT2D eigenvalue weighted by Gasteiger charge is -2.10. The Balaban J connectivity index is 1.82. The minimum absolute atomic E-state index is 0.335. The van der Waals surface area contributed by atoms with Crippen LogP contribution in [0.3, 0.4) is 0 Å². The van der Waals surface area contributed by atoms with Crippen LogP contribution >= 0.6 is 0 Å². The molecule has 0 radical (unpaired) electrons. The first kappa shape index (κ1) is 21.0. The molecule has 0 heterocycles. The van der Waals surface area contributed by atoms with Crippen LogP contribution in [0.2, 0.25) is 0 Å². The van der Waals surface area contributed by atoms with Crippen molar-refractivity contribution in [3.63, 3.8) is 0 Å². The van der Waals surface area contributed by atoms with E-state index in [2.05, 4.69) is 20.8 Å². The molecule has 0 bridgehead atoms. The third-order valence-electron chi connectivity index (χ3n) is 4.77. The highest BCUT2D eigenvalue weighted by Gasteiger charge is 2.09. The third-order valence-corrected chi connectivity index (χ3v) is 4.77. The quantitative estimate of drug-likeness (QED) is 0.260. The van der Waals surface area contributed by atoms with Gasteiger partial charge in [0.05, 0.1) is 12.2 Å². The van der Waals surface area contributed by atoms with Gasteiger partial charge in [0.1, 0.15) is 11.5 Å². The predicted molar refractivity (Wildman–Crippen MR) is 111 cm³/mol. The van der Waals surface area contributed by atoms with Gasteiger partial charge in [0.15, 0.2) is 0 Å². The molecule has 0 aliphatic carbocycles. The molecule has 27 heavy (non-hydrogen) atoms. The molecule has 0 spiro atoms. The molecule has 2 rings (SSSR count). The highest BCUT2D eigenvalue weighted by molar-refractivity contribution is 5.91. The molecule has 3 heteroatoms. The summed E-state index contributed by atoms with van der Waals surface area (Å²) in [7, 11) is 0. The summed E-state index contributed by atoms with van der Waals surface area (Å²) >= 11 is 0. The smallest absolute Gasteiger partial charge is 0.343 e. The molecule has 0 fully saturated rings. The largest absolute Gasteiger partial charge is 0.494 e. The summed E-state index contributed by atoms with van der Waals surface area (Å²) in [6.45, 7) is 7.35. The van der Waals surface area contributed by atoms with Gasteiger partial charge in [-0.05, 0) is 60.7 Å². The Morgan fingerprint density at radius 1 is 0.889 bits per heavy atom. The molecule has 0 aromatic heterocycles. The van der Waals surface area contributed by atoms with Crippen molar-refractivity contribution in [2.75, 3.05) is 6.61 Å². The second kappa shape index (κ2) is 11.4. The number of unbranched alkanes of at least 4 members (excludes halogenated alkanes) is 3. The topological polar surface area (TPSA) is 35.5 Å². The van der Waals surface area contributed by atoms with E-state index in [0.29, 0.717) is 17.2 Å². The average molecular weight is 369 g/mol. The molecule has 0 N–H and O–H groups in total. The van der Waals surface area contributed by atoms with Crippen LogP contribution in [-0.2, 0) is 6.42 Å². The Labute approximate surface area is 163 Å². The first-order valence-electron chi connectivity index (χ1n) is 10.2. The van der Waals surface area contributed by atoms with E-state index in [1.54, 1.807) is 12.1 Å². The van der Waals surface area contributed by atoms with E-state index >= 15 is 0 Å². The second-order valence-corrected chi connectivity index (χ2v) is 7.18. The van der Waals surface area contributed by atoms with Crippen molar-refractivity contribution in [3.8, 4) is 11.5 Å². The number of carbonyl (C=O) groups is 1. The number of hydrogen-bond acceptors (Lipinski definition) is 3. The average Bonchev–Trinajstić information content (AvgIpc) is 2.69. The van der Waals surface area contributed by atoms with Crippen LogP contribution in [0.25, 0.3) is 0 Å². The van der Waals surface area contributed by atoms with Crippen molar-refractivity contribution in [1.82, 2.24) is 0 Å². The van der Waals surface area contributed by atoms with Crippen LogP contribution in [0.4, 0.5) is 0 Å². The first-order chi connectivity index (χ1) is 13.1. The Bertz CT molecular complexity index is 674. The highest BCUT2D eigenvalue weighted by atomic mass is 16.5. The van der Waals surface area contributed by atoms with Gasteiger partial charge in [-0.3, -0.25) is 0 Å². The standard InChI is InChI=1S/C24H32O3/c1-4-6-7-8-17-26-22-13-15-23(16-14-22)27-24(25)21-11-9-20(10-12-21)18-19(3)5-2/h9-16,19H,4-8,17-18H2,1-3H3. The van der Waals surface area contributed by atoms with Crippen LogP contribution in [0.5, 0.6) is 11.5 Å². The molecule has 0 aliphatic rings. The molecule has 0 amide bonds. The molecule has 2 aromatic rings. The van der Waals surface area contributed by atoms with Gasteiger partial charge in [-0.1, -0.05) is 58.6 Å². The summed E-state index contributed by atoms with van der Waals surface area (Å²) < 4.78 is 11.2. The minimum atomic E-state index is -0.335. The lowest BCUT2D eigenvalue weighted by atomic mass is 9.98. The van der Waals surface area contributed by atoms with Crippen molar-refractivity contribution < 1.29 is 14.3 Å². The summed E-state index contributed by atoms with van der Waals surface area (Å²) in [6, 6.07) is 14.9. The summed E-state index contributed by atoms with van der Waals surface area (Å²) in [6.07, 6.45) is 6.92. The SMILES string of the molecule is CCCCCCOc1ccc(OC(=O)c2ccc(CC(C)CC)cc2)cc1. The molecular formula is C24H32O3. The molecule has 0 aliphatic heterocycles. The van der Waals surface area contributed by atoms with Crippen LogP contribution in [0.1, 0.15) is 68.8 Å². The summed E-state index contributed by atoms with van der Waals surface area (Å²) in [5.74, 6) is 1.65. The molecule has 2 aromatic carbocycles. The van der Waals surface area contributed by atoms with Crippen molar-refractivity contribution in [1.29, 1.82) is 0 Å². The van der Waals surface area contributed by atoms with Crippen molar-refractivity contribution in [2.45, 2.75) is 59.3 Å². The zero-order valence-corrected chi connectivity index (χ0v) is 16.9. The molecular weight excluding hydrogens is 336 g/mol. The van der Waals surface area contributed by atoms with E-state index in [0.717, 1.165) is 31.6 Å². The maximum absolute atomic E-state index is 12.3. The van der Waals surface area contributed by atoms with Gasteiger partial charge in [-0.25, -0.2) is 4.79 Å². The van der Waals surface area contributed by atoms with Gasteiger partial charge in [0.25, 0.3) is 0 Å². The Morgan fingerprint density at radius 2 is 1.56 bits per heavy atom. The third kappa shape index (κ3) is 7.46. The molecule has 1 unspecified atom stereocenters. The summed E-state index contributed by atoms with van der Waals surface area (Å²) in [5.41, 5.74) is 1.82. The van der Waals surface area contributed by atoms with E-state index < -0.39 is 0 Å². The van der Waals surface area contributed by atoms with Gasteiger partial charge in [0.2, 0.25) is 0 Å². The zero-order chi connectivity index (χ0) is 19.5. The minimum Gasteiger partial charge on any atom is -0.494 e. The fraction of sp³-hybridized carbons (Fsp3) is 0.458. The molecule has 0 saturated heterocycles. The maximum Gasteiger partial charge on any atom is 0.343 e. The maximum atomic E-state index is 12.3. The van der Waals surface area contributed by atoms with Gasteiger partial charge >= 0.3 is 5.97 Å².